The molecule has 6 nitrogen and oxygen atoms in total. The Balaban J connectivity index is 2.03. The number of urea groups is 1. The van der Waals surface area contributed by atoms with E-state index >= 15 is 0 Å². The number of hydrogen-bond donors (Lipinski definition) is 2. The summed E-state index contributed by atoms with van der Waals surface area (Å²) in [7, 11) is 0. The van der Waals surface area contributed by atoms with E-state index in [-0.39, 0.29) is 25.0 Å². The molecule has 17 heavy (non-hydrogen) atoms. The third-order valence-electron chi connectivity index (χ3n) is 2.46. The predicted molar refractivity (Wildman–Crippen MR) is 62.3 cm³/mol. The Bertz CT molecular complexity index is 414. The summed E-state index contributed by atoms with van der Waals surface area (Å²) >= 11 is 0. The Morgan fingerprint density at radius 2 is 2.29 bits per heavy atom. The first-order valence-electron chi connectivity index (χ1n) is 5.47. The van der Waals surface area contributed by atoms with E-state index in [1.165, 1.54) is 4.90 Å². The third kappa shape index (κ3) is 2.52. The lowest BCUT2D eigenvalue weighted by molar-refractivity contribution is -0.125. The van der Waals surface area contributed by atoms with E-state index < -0.39 is 0 Å². The minimum absolute atomic E-state index is 0.0851. The Kier molecular flexibility index (Phi) is 3.22. The van der Waals surface area contributed by atoms with Crippen LogP contribution in [0.3, 0.4) is 0 Å². The molecule has 2 heterocycles. The van der Waals surface area contributed by atoms with Gasteiger partial charge in [0.1, 0.15) is 5.82 Å². The molecule has 1 aliphatic heterocycles. The Morgan fingerprint density at radius 1 is 1.47 bits per heavy atom. The summed E-state index contributed by atoms with van der Waals surface area (Å²) in [6.07, 6.45) is 1.66. The number of hydrogen-bond acceptors (Lipinski definition) is 4. The molecule has 0 bridgehead atoms. The molecule has 6 heteroatoms. The Labute approximate surface area is 99.0 Å². The summed E-state index contributed by atoms with van der Waals surface area (Å²) in [5.74, 6) is 0.583. The van der Waals surface area contributed by atoms with Gasteiger partial charge in [-0.1, -0.05) is 6.07 Å². The van der Waals surface area contributed by atoms with Gasteiger partial charge in [0.25, 0.3) is 0 Å². The average molecular weight is 234 g/mol. The summed E-state index contributed by atoms with van der Waals surface area (Å²) in [5.41, 5.74) is 0.831. The fourth-order valence-corrected chi connectivity index (χ4v) is 1.60. The highest BCUT2D eigenvalue weighted by Gasteiger charge is 2.28. The van der Waals surface area contributed by atoms with Crippen LogP contribution >= 0.6 is 0 Å². The number of carbonyl (C=O) groups excluding carboxylic acids is 2. The molecule has 0 unspecified atom stereocenters. The normalized spacial score (nSPS) is 15.0. The summed E-state index contributed by atoms with van der Waals surface area (Å²) in [5, 5.41) is 5.55. The van der Waals surface area contributed by atoms with Crippen molar-refractivity contribution in [2.45, 2.75) is 13.5 Å². The Hall–Kier alpha value is -2.11. The topological polar surface area (TPSA) is 74.3 Å². The van der Waals surface area contributed by atoms with Crippen LogP contribution in [0.1, 0.15) is 12.5 Å². The van der Waals surface area contributed by atoms with Gasteiger partial charge >= 0.3 is 6.03 Å². The molecule has 3 amide bonds. The lowest BCUT2D eigenvalue weighted by Gasteiger charge is -2.12. The maximum absolute atomic E-state index is 11.4. The van der Waals surface area contributed by atoms with Crippen molar-refractivity contribution in [3.05, 3.63) is 23.9 Å². The third-order valence-corrected chi connectivity index (χ3v) is 2.46. The smallest absolute Gasteiger partial charge is 0.324 e. The molecule has 0 radical (unpaired) electrons. The molecule has 0 aromatic carbocycles. The molecule has 0 atom stereocenters. The van der Waals surface area contributed by atoms with Crippen molar-refractivity contribution in [1.82, 2.24) is 15.2 Å². The van der Waals surface area contributed by atoms with Crippen LogP contribution in [0.15, 0.2) is 18.3 Å². The van der Waals surface area contributed by atoms with Crippen molar-refractivity contribution in [2.75, 3.05) is 18.4 Å². The largest absolute Gasteiger partial charge is 0.370 e. The zero-order chi connectivity index (χ0) is 12.3. The van der Waals surface area contributed by atoms with Gasteiger partial charge in [0.15, 0.2) is 0 Å². The summed E-state index contributed by atoms with van der Waals surface area (Å²) < 4.78 is 0. The fourth-order valence-electron chi connectivity index (χ4n) is 1.60. The van der Waals surface area contributed by atoms with Gasteiger partial charge in [-0.2, -0.15) is 0 Å². The number of carbonyl (C=O) groups is 2. The number of aromatic nitrogens is 1. The van der Waals surface area contributed by atoms with Gasteiger partial charge in [0.05, 0.1) is 13.1 Å². The van der Waals surface area contributed by atoms with Gasteiger partial charge in [0.2, 0.25) is 5.91 Å². The monoisotopic (exact) mass is 234 g/mol. The highest BCUT2D eigenvalue weighted by Crippen LogP contribution is 2.10. The first kappa shape index (κ1) is 11.4. The van der Waals surface area contributed by atoms with Gasteiger partial charge in [-0.05, 0) is 18.6 Å². The van der Waals surface area contributed by atoms with Crippen molar-refractivity contribution in [2.24, 2.45) is 0 Å². The number of rotatable bonds is 4. The Morgan fingerprint density at radius 3 is 2.82 bits per heavy atom. The predicted octanol–water partition coefficient (Wildman–Crippen LogP) is 0.565. The summed E-state index contributed by atoms with van der Waals surface area (Å²) in [6.45, 7) is 3.15. The molecule has 90 valence electrons. The standard InChI is InChI=1S/C11H14N4O2/c1-2-12-9-4-3-8(5-13-9)7-15-10(16)6-14-11(15)17/h3-5H,2,6-7H2,1H3,(H,12,13)(H,14,17). The van der Waals surface area contributed by atoms with Crippen LogP contribution in [-0.4, -0.2) is 34.9 Å². The van der Waals surface area contributed by atoms with E-state index in [1.54, 1.807) is 6.20 Å². The quantitative estimate of drug-likeness (QED) is 0.747. The number of nitrogens with one attached hydrogen (secondary N) is 2. The SMILES string of the molecule is CCNc1ccc(CN2C(=O)CNC2=O)cn1. The zero-order valence-electron chi connectivity index (χ0n) is 9.56. The molecule has 1 fully saturated rings. The first-order valence-corrected chi connectivity index (χ1v) is 5.47. The van der Waals surface area contributed by atoms with Crippen molar-refractivity contribution >= 4 is 17.8 Å². The van der Waals surface area contributed by atoms with E-state index in [1.807, 2.05) is 19.1 Å². The highest BCUT2D eigenvalue weighted by atomic mass is 16.2. The van der Waals surface area contributed by atoms with Crippen LogP contribution in [0, 0.1) is 0 Å². The van der Waals surface area contributed by atoms with Gasteiger partial charge in [-0.15, -0.1) is 0 Å². The molecule has 2 rings (SSSR count). The van der Waals surface area contributed by atoms with Gasteiger partial charge < -0.3 is 10.6 Å². The molecular formula is C11H14N4O2. The molecule has 0 spiro atoms. The molecule has 1 aromatic rings. The molecule has 1 aromatic heterocycles. The molecule has 0 aliphatic carbocycles. The highest BCUT2D eigenvalue weighted by molar-refractivity contribution is 6.01. The van der Waals surface area contributed by atoms with Crippen LogP contribution in [0.2, 0.25) is 0 Å². The van der Waals surface area contributed by atoms with Gasteiger partial charge in [0, 0.05) is 12.7 Å². The first-order chi connectivity index (χ1) is 8.20. The van der Waals surface area contributed by atoms with Crippen molar-refractivity contribution < 1.29 is 9.59 Å². The number of imide groups is 1. The zero-order valence-corrected chi connectivity index (χ0v) is 9.56. The van der Waals surface area contributed by atoms with E-state index in [0.717, 1.165) is 17.9 Å². The van der Waals surface area contributed by atoms with Crippen LogP contribution in [0.5, 0.6) is 0 Å². The van der Waals surface area contributed by atoms with Crippen LogP contribution in [-0.2, 0) is 11.3 Å². The van der Waals surface area contributed by atoms with Crippen molar-refractivity contribution in [3.8, 4) is 0 Å². The lowest BCUT2D eigenvalue weighted by Crippen LogP contribution is -2.30. The summed E-state index contributed by atoms with van der Waals surface area (Å²) in [6, 6.07) is 3.34. The molecule has 1 aliphatic rings. The van der Waals surface area contributed by atoms with E-state index in [0.29, 0.717) is 0 Å². The summed E-state index contributed by atoms with van der Waals surface area (Å²) in [4.78, 5) is 28.1. The molecule has 1 saturated heterocycles. The van der Waals surface area contributed by atoms with Crippen molar-refractivity contribution in [1.29, 1.82) is 0 Å². The molecule has 0 saturated carbocycles. The van der Waals surface area contributed by atoms with E-state index in [9.17, 15) is 9.59 Å². The second-order valence-corrected chi connectivity index (χ2v) is 3.72. The van der Waals surface area contributed by atoms with Gasteiger partial charge in [-0.25, -0.2) is 9.78 Å². The van der Waals surface area contributed by atoms with Crippen LogP contribution in [0.4, 0.5) is 10.6 Å². The number of nitrogens with zero attached hydrogens (tertiary/aromatic N) is 2. The molecular weight excluding hydrogens is 220 g/mol. The lowest BCUT2D eigenvalue weighted by atomic mass is 10.2. The van der Waals surface area contributed by atoms with Crippen molar-refractivity contribution in [3.63, 3.8) is 0 Å². The molecule has 2 N–H and O–H groups in total. The maximum atomic E-state index is 11.4. The van der Waals surface area contributed by atoms with Crippen LogP contribution in [0.25, 0.3) is 0 Å². The van der Waals surface area contributed by atoms with Gasteiger partial charge in [-0.3, -0.25) is 9.69 Å². The number of amides is 3. The minimum Gasteiger partial charge on any atom is -0.370 e. The van der Waals surface area contributed by atoms with E-state index in [4.69, 9.17) is 0 Å². The number of pyridine rings is 1. The average Bonchev–Trinajstić information content (AvgIpc) is 2.64. The maximum Gasteiger partial charge on any atom is 0.324 e. The number of anilines is 1. The second-order valence-electron chi connectivity index (χ2n) is 3.72. The van der Waals surface area contributed by atoms with Crippen LogP contribution < -0.4 is 10.6 Å². The minimum atomic E-state index is -0.342. The van der Waals surface area contributed by atoms with E-state index in [2.05, 4.69) is 15.6 Å². The fraction of sp³-hybridized carbons (Fsp3) is 0.364. The second kappa shape index (κ2) is 4.82.